The van der Waals surface area contributed by atoms with E-state index in [1.807, 2.05) is 19.9 Å². The van der Waals surface area contributed by atoms with Crippen LogP contribution in [0, 0.1) is 0 Å². The average Bonchev–Trinajstić information content (AvgIpc) is 2.68. The smallest absolute Gasteiger partial charge is 0.322 e. The Morgan fingerprint density at radius 1 is 1.50 bits per heavy atom. The zero-order chi connectivity index (χ0) is 12.1. The fourth-order valence-electron chi connectivity index (χ4n) is 1.32. The molecule has 0 saturated heterocycles. The molecule has 0 saturated carbocycles. The lowest BCUT2D eigenvalue weighted by atomic mass is 10.1. The molecule has 0 aromatic carbocycles. The molecular weight excluding hydrogens is 222 g/mol. The third-order valence-corrected chi connectivity index (χ3v) is 3.12. The summed E-state index contributed by atoms with van der Waals surface area (Å²) in [5.74, 6) is 0.398. The summed E-state index contributed by atoms with van der Waals surface area (Å²) in [6.45, 7) is 9.55. The highest BCUT2D eigenvalue weighted by atomic mass is 32.1. The summed E-state index contributed by atoms with van der Waals surface area (Å²) in [4.78, 5) is 13.5. The van der Waals surface area contributed by atoms with Crippen molar-refractivity contribution in [2.24, 2.45) is 0 Å². The number of amides is 2. The lowest BCUT2D eigenvalue weighted by Crippen LogP contribution is -2.34. The van der Waals surface area contributed by atoms with Gasteiger partial charge >= 0.3 is 6.03 Å². The van der Waals surface area contributed by atoms with Gasteiger partial charge in [0.1, 0.15) is 5.00 Å². The molecule has 0 aliphatic heterocycles. The Labute approximate surface area is 101 Å². The van der Waals surface area contributed by atoms with E-state index in [2.05, 4.69) is 23.5 Å². The summed E-state index contributed by atoms with van der Waals surface area (Å²) in [6, 6.07) is 1.89. The van der Waals surface area contributed by atoms with Gasteiger partial charge in [0.2, 0.25) is 0 Å². The van der Waals surface area contributed by atoms with Crippen LogP contribution in [0.4, 0.5) is 9.80 Å². The van der Waals surface area contributed by atoms with Gasteiger partial charge in [0.25, 0.3) is 0 Å². The monoisotopic (exact) mass is 241 g/mol. The van der Waals surface area contributed by atoms with Gasteiger partial charge < -0.3 is 4.90 Å². The molecule has 0 spiro atoms. The molecule has 0 bridgehead atoms. The van der Waals surface area contributed by atoms with Crippen LogP contribution in [-0.4, -0.2) is 28.4 Å². The van der Waals surface area contributed by atoms with E-state index in [4.69, 9.17) is 0 Å². The quantitative estimate of drug-likeness (QED) is 0.880. The lowest BCUT2D eigenvalue weighted by molar-refractivity contribution is 0.217. The zero-order valence-electron chi connectivity index (χ0n) is 10.3. The van der Waals surface area contributed by atoms with Crippen LogP contribution in [-0.2, 0) is 0 Å². The minimum absolute atomic E-state index is 0.0519. The molecule has 2 amide bonds. The van der Waals surface area contributed by atoms with E-state index in [9.17, 15) is 4.79 Å². The van der Waals surface area contributed by atoms with Gasteiger partial charge in [0.15, 0.2) is 0 Å². The van der Waals surface area contributed by atoms with Gasteiger partial charge in [-0.1, -0.05) is 13.8 Å². The molecule has 4 nitrogen and oxygen atoms in total. The number of carbonyl (C=O) groups is 1. The summed E-state index contributed by atoms with van der Waals surface area (Å²) < 4.78 is 4.29. The molecule has 0 fully saturated rings. The minimum Gasteiger partial charge on any atom is -0.325 e. The van der Waals surface area contributed by atoms with Crippen LogP contribution in [0.3, 0.4) is 0 Å². The first kappa shape index (κ1) is 13.0. The molecule has 90 valence electrons. The van der Waals surface area contributed by atoms with E-state index in [0.29, 0.717) is 5.92 Å². The summed E-state index contributed by atoms with van der Waals surface area (Å²) >= 11 is 1.34. The Kier molecular flexibility index (Phi) is 4.73. The molecule has 1 aromatic heterocycles. The summed E-state index contributed by atoms with van der Waals surface area (Å²) in [5, 5.41) is 3.68. The van der Waals surface area contributed by atoms with Crippen molar-refractivity contribution in [3.63, 3.8) is 0 Å². The maximum absolute atomic E-state index is 11.7. The molecule has 1 rings (SSSR count). The molecule has 5 heteroatoms. The molecule has 0 radical (unpaired) electrons. The maximum Gasteiger partial charge on any atom is 0.322 e. The second kappa shape index (κ2) is 5.84. The second-order valence-electron chi connectivity index (χ2n) is 3.87. The van der Waals surface area contributed by atoms with Gasteiger partial charge in [-0.15, -0.1) is 0 Å². The Bertz CT molecular complexity index is 345. The van der Waals surface area contributed by atoms with Gasteiger partial charge in [-0.3, -0.25) is 5.32 Å². The summed E-state index contributed by atoms with van der Waals surface area (Å²) in [6.07, 6.45) is 0. The Balaban J connectivity index is 2.62. The normalized spacial score (nSPS) is 10.6. The molecule has 1 heterocycles. The molecule has 0 atom stereocenters. The third kappa shape index (κ3) is 3.20. The highest BCUT2D eigenvalue weighted by Gasteiger charge is 2.12. The van der Waals surface area contributed by atoms with Crippen LogP contribution in [0.5, 0.6) is 0 Å². The van der Waals surface area contributed by atoms with E-state index < -0.39 is 0 Å². The van der Waals surface area contributed by atoms with E-state index >= 15 is 0 Å². The van der Waals surface area contributed by atoms with E-state index in [-0.39, 0.29) is 6.03 Å². The Morgan fingerprint density at radius 2 is 2.12 bits per heavy atom. The first-order valence-corrected chi connectivity index (χ1v) is 6.38. The van der Waals surface area contributed by atoms with Gasteiger partial charge in [0.05, 0.1) is 5.69 Å². The highest BCUT2D eigenvalue weighted by molar-refractivity contribution is 7.10. The van der Waals surface area contributed by atoms with Crippen molar-refractivity contribution in [2.45, 2.75) is 33.6 Å². The van der Waals surface area contributed by atoms with Crippen LogP contribution in [0.15, 0.2) is 6.07 Å². The molecule has 0 aliphatic rings. The average molecular weight is 241 g/mol. The second-order valence-corrected chi connectivity index (χ2v) is 4.68. The number of carbonyl (C=O) groups excluding carboxylic acids is 1. The number of anilines is 1. The van der Waals surface area contributed by atoms with Crippen LogP contribution in [0.1, 0.15) is 39.3 Å². The van der Waals surface area contributed by atoms with Crippen molar-refractivity contribution in [3.05, 3.63) is 11.8 Å². The van der Waals surface area contributed by atoms with Crippen molar-refractivity contribution in [1.29, 1.82) is 0 Å². The summed E-state index contributed by atoms with van der Waals surface area (Å²) in [5.41, 5.74) is 1.03. The Morgan fingerprint density at radius 3 is 2.56 bits per heavy atom. The first-order chi connectivity index (χ1) is 7.58. The fraction of sp³-hybridized carbons (Fsp3) is 0.636. The number of nitrogens with one attached hydrogen (secondary N) is 1. The van der Waals surface area contributed by atoms with Crippen molar-refractivity contribution in [2.75, 3.05) is 18.4 Å². The third-order valence-electron chi connectivity index (χ3n) is 2.40. The molecule has 0 aliphatic carbocycles. The molecule has 0 unspecified atom stereocenters. The maximum atomic E-state index is 11.7. The van der Waals surface area contributed by atoms with Crippen LogP contribution >= 0.6 is 11.5 Å². The zero-order valence-corrected chi connectivity index (χ0v) is 11.1. The summed E-state index contributed by atoms with van der Waals surface area (Å²) in [7, 11) is 0. The van der Waals surface area contributed by atoms with Gasteiger partial charge in [-0.25, -0.2) is 4.79 Å². The minimum atomic E-state index is -0.0519. The van der Waals surface area contributed by atoms with E-state index in [0.717, 1.165) is 23.8 Å². The van der Waals surface area contributed by atoms with Crippen LogP contribution < -0.4 is 5.32 Å². The SMILES string of the molecule is CCN(CC)C(=O)Nc1cc(C(C)C)ns1. The molecule has 1 aromatic rings. The topological polar surface area (TPSA) is 45.2 Å². The predicted octanol–water partition coefficient (Wildman–Crippen LogP) is 3.14. The number of urea groups is 1. The van der Waals surface area contributed by atoms with E-state index in [1.54, 1.807) is 4.90 Å². The van der Waals surface area contributed by atoms with Gasteiger partial charge in [0, 0.05) is 13.1 Å². The van der Waals surface area contributed by atoms with Crippen molar-refractivity contribution in [1.82, 2.24) is 9.27 Å². The van der Waals surface area contributed by atoms with Gasteiger partial charge in [-0.2, -0.15) is 4.37 Å². The number of rotatable bonds is 4. The number of nitrogens with zero attached hydrogens (tertiary/aromatic N) is 2. The van der Waals surface area contributed by atoms with Crippen molar-refractivity contribution < 1.29 is 4.79 Å². The van der Waals surface area contributed by atoms with Crippen molar-refractivity contribution in [3.8, 4) is 0 Å². The first-order valence-electron chi connectivity index (χ1n) is 5.61. The fourth-order valence-corrected chi connectivity index (χ4v) is 2.09. The standard InChI is InChI=1S/C11H19N3OS/c1-5-14(6-2)11(15)12-10-7-9(8(3)4)13-16-10/h7-8H,5-6H2,1-4H3,(H,12,15). The number of hydrogen-bond donors (Lipinski definition) is 1. The molecular formula is C11H19N3OS. The highest BCUT2D eigenvalue weighted by Crippen LogP contribution is 2.22. The van der Waals surface area contributed by atoms with Crippen LogP contribution in [0.25, 0.3) is 0 Å². The van der Waals surface area contributed by atoms with Gasteiger partial charge in [-0.05, 0) is 37.4 Å². The van der Waals surface area contributed by atoms with E-state index in [1.165, 1.54) is 11.5 Å². The number of aromatic nitrogens is 1. The Hall–Kier alpha value is -1.10. The largest absolute Gasteiger partial charge is 0.325 e. The number of hydrogen-bond acceptors (Lipinski definition) is 3. The lowest BCUT2D eigenvalue weighted by Gasteiger charge is -2.18. The van der Waals surface area contributed by atoms with Crippen molar-refractivity contribution >= 4 is 22.6 Å². The van der Waals surface area contributed by atoms with Crippen LogP contribution in [0.2, 0.25) is 0 Å². The molecule has 1 N–H and O–H groups in total. The molecule has 16 heavy (non-hydrogen) atoms. The predicted molar refractivity (Wildman–Crippen MR) is 68.1 cm³/mol.